The third-order valence-corrected chi connectivity index (χ3v) is 13.9. The Kier molecular flexibility index (Phi) is 21.4. The highest BCUT2D eigenvalue weighted by atomic mass is 16.7. The Morgan fingerprint density at radius 1 is 0.826 bits per heavy atom. The fourth-order valence-electron chi connectivity index (χ4n) is 9.39. The molecule has 384 valence electrons. The molecule has 2 aromatic rings. The number of anilines is 1. The van der Waals surface area contributed by atoms with Crippen molar-refractivity contribution < 1.29 is 58.9 Å². The molecule has 3 heterocycles. The number of aliphatic hydroxyl groups is 2. The van der Waals surface area contributed by atoms with Gasteiger partial charge in [-0.05, 0) is 32.8 Å². The number of ether oxygens (including phenoxy) is 4. The molecule has 69 heavy (non-hydrogen) atoms. The van der Waals surface area contributed by atoms with Gasteiger partial charge in [-0.15, -0.1) is 0 Å². The number of carbonyl (C=O) groups excluding carboxylic acids is 3. The molecule has 0 unspecified atom stereocenters. The van der Waals surface area contributed by atoms with Crippen LogP contribution in [-0.2, 0) is 23.8 Å². The van der Waals surface area contributed by atoms with E-state index in [0.29, 0.717) is 13.1 Å². The molecule has 1 amide bonds. The highest BCUT2D eigenvalue weighted by Gasteiger charge is 2.50. The second kappa shape index (κ2) is 26.2. The van der Waals surface area contributed by atoms with Gasteiger partial charge < -0.3 is 49.8 Å². The highest BCUT2D eigenvalue weighted by molar-refractivity contribution is 6.23. The maximum Gasteiger partial charge on any atom is 0.312 e. The van der Waals surface area contributed by atoms with Crippen molar-refractivity contribution in [3.63, 3.8) is 0 Å². The predicted octanol–water partition coefficient (Wildman–Crippen LogP) is 10.1. The number of aromatic hydroxyl groups is 3. The monoisotopic (exact) mass is 964 g/mol. The number of benzene rings is 2. The smallest absolute Gasteiger partial charge is 0.312 e. The summed E-state index contributed by atoms with van der Waals surface area (Å²) in [6.07, 6.45) is 18.0. The number of allylic oxidation sites excluding steroid dienone is 2. The highest BCUT2D eigenvalue weighted by Crippen LogP contribution is 2.55. The molecule has 3 aliphatic rings. The number of hydrogen-bond acceptors (Lipinski definition) is 14. The van der Waals surface area contributed by atoms with Crippen molar-refractivity contribution in [3.05, 3.63) is 52.8 Å². The molecule has 9 atom stereocenters. The average molecular weight is 964 g/mol. The maximum absolute atomic E-state index is 14.7. The lowest BCUT2D eigenvalue weighted by Crippen LogP contribution is -2.46. The number of hydrazone groups is 1. The first kappa shape index (κ1) is 56.5. The van der Waals surface area contributed by atoms with Gasteiger partial charge in [-0.25, -0.2) is 0 Å². The number of ketones is 1. The Labute approximate surface area is 409 Å². The van der Waals surface area contributed by atoms with Crippen LogP contribution >= 0.6 is 0 Å². The van der Waals surface area contributed by atoms with E-state index in [1.165, 1.54) is 65.4 Å². The van der Waals surface area contributed by atoms with Crippen LogP contribution in [-0.4, -0.2) is 105 Å². The normalized spacial score (nSPS) is 27.5. The van der Waals surface area contributed by atoms with Crippen LogP contribution in [0.25, 0.3) is 10.8 Å². The largest absolute Gasteiger partial charge is 0.507 e. The van der Waals surface area contributed by atoms with E-state index in [0.717, 1.165) is 64.2 Å². The molecule has 3 aliphatic heterocycles. The number of methoxy groups -OCH3 is 1. The summed E-state index contributed by atoms with van der Waals surface area (Å²) in [6, 6.07) is 0. The molecule has 0 fully saturated rings. The summed E-state index contributed by atoms with van der Waals surface area (Å²) < 4.78 is 23.9. The van der Waals surface area contributed by atoms with E-state index in [1.807, 2.05) is 5.01 Å². The van der Waals surface area contributed by atoms with E-state index in [9.17, 15) is 39.9 Å². The molecule has 5 bridgehead atoms. The van der Waals surface area contributed by atoms with Crippen molar-refractivity contribution in [3.8, 4) is 23.0 Å². The first-order chi connectivity index (χ1) is 32.8. The number of esters is 1. The van der Waals surface area contributed by atoms with Gasteiger partial charge >= 0.3 is 11.8 Å². The number of amides is 1. The number of hydrogen-bond donors (Lipinski definition) is 6. The van der Waals surface area contributed by atoms with Crippen LogP contribution in [0.4, 0.5) is 5.69 Å². The van der Waals surface area contributed by atoms with Gasteiger partial charge in [0.2, 0.25) is 0 Å². The SMILES string of the molecule is CCCCCCCCN(CCCCCCCC)N=Cc1c2c(O)c3c(O)c(C)c4c(c3c1O)C(=O)[C@@](C)(O/C=C/[C@H](OC)[C@@H](C)[C@@H](OC(C)=O)[C@H](C)[C@H](O)[C@H](C)[C@@H](O)[C@H](C)/C=C/C=C(/C)C(=O)N2)O4. The second-order valence-electron chi connectivity index (χ2n) is 19.4. The van der Waals surface area contributed by atoms with E-state index in [2.05, 4.69) is 19.2 Å². The van der Waals surface area contributed by atoms with Crippen LogP contribution in [0.1, 0.15) is 161 Å². The summed E-state index contributed by atoms with van der Waals surface area (Å²) in [6.45, 7) is 18.3. The molecule has 15 nitrogen and oxygen atoms in total. The van der Waals surface area contributed by atoms with Crippen molar-refractivity contribution in [2.75, 3.05) is 25.5 Å². The van der Waals surface area contributed by atoms with E-state index < -0.39 is 88.8 Å². The Bertz CT molecular complexity index is 2190. The van der Waals surface area contributed by atoms with Crippen molar-refractivity contribution in [1.29, 1.82) is 0 Å². The molecular formula is C54H81N3O12. The van der Waals surface area contributed by atoms with Crippen LogP contribution in [0.15, 0.2) is 41.2 Å². The summed E-state index contributed by atoms with van der Waals surface area (Å²) >= 11 is 0. The van der Waals surface area contributed by atoms with Gasteiger partial charge in [-0.1, -0.05) is 124 Å². The van der Waals surface area contributed by atoms with E-state index >= 15 is 0 Å². The number of carbonyl (C=O) groups is 3. The summed E-state index contributed by atoms with van der Waals surface area (Å²) in [5.74, 6) is -8.26. The first-order valence-electron chi connectivity index (χ1n) is 25.1. The van der Waals surface area contributed by atoms with Gasteiger partial charge in [-0.3, -0.25) is 19.4 Å². The molecule has 0 aliphatic carbocycles. The molecule has 0 spiro atoms. The first-order valence-corrected chi connectivity index (χ1v) is 25.1. The van der Waals surface area contributed by atoms with Crippen molar-refractivity contribution in [2.24, 2.45) is 28.8 Å². The van der Waals surface area contributed by atoms with Gasteiger partial charge in [0.25, 0.3) is 11.7 Å². The third-order valence-electron chi connectivity index (χ3n) is 13.9. The number of rotatable bonds is 18. The number of aliphatic hydroxyl groups excluding tert-OH is 2. The summed E-state index contributed by atoms with van der Waals surface area (Å²) in [4.78, 5) is 41.2. The topological polar surface area (TPSA) is 217 Å². The zero-order chi connectivity index (χ0) is 51.2. The Morgan fingerprint density at radius 2 is 1.42 bits per heavy atom. The predicted molar refractivity (Wildman–Crippen MR) is 270 cm³/mol. The van der Waals surface area contributed by atoms with Crippen molar-refractivity contribution in [1.82, 2.24) is 5.01 Å². The minimum absolute atomic E-state index is 0.0667. The van der Waals surface area contributed by atoms with Crippen molar-refractivity contribution in [2.45, 2.75) is 176 Å². The molecule has 0 saturated carbocycles. The minimum Gasteiger partial charge on any atom is -0.507 e. The van der Waals surface area contributed by atoms with Gasteiger partial charge in [0.1, 0.15) is 23.4 Å². The molecule has 0 radical (unpaired) electrons. The van der Waals surface area contributed by atoms with E-state index in [1.54, 1.807) is 46.8 Å². The Balaban J connectivity index is 1.93. The van der Waals surface area contributed by atoms with E-state index in [4.69, 9.17) is 24.0 Å². The second-order valence-corrected chi connectivity index (χ2v) is 19.4. The lowest BCUT2D eigenvalue weighted by molar-refractivity contribution is -0.160. The molecular weight excluding hydrogens is 883 g/mol. The lowest BCUT2D eigenvalue weighted by atomic mass is 9.78. The number of phenolic OH excluding ortho intramolecular Hbond substituents is 3. The molecule has 5 rings (SSSR count). The number of fused-ring (bicyclic) bond motifs is 14. The Morgan fingerprint density at radius 3 is 2.00 bits per heavy atom. The molecule has 0 saturated heterocycles. The van der Waals surface area contributed by atoms with Gasteiger partial charge in [-0.2, -0.15) is 5.10 Å². The minimum atomic E-state index is -2.05. The van der Waals surface area contributed by atoms with Gasteiger partial charge in [0.15, 0.2) is 5.75 Å². The zero-order valence-electron chi connectivity index (χ0n) is 43.0. The third kappa shape index (κ3) is 13.8. The van der Waals surface area contributed by atoms with Crippen LogP contribution in [0.5, 0.6) is 23.0 Å². The fourth-order valence-corrected chi connectivity index (χ4v) is 9.39. The lowest BCUT2D eigenvalue weighted by Gasteiger charge is -2.38. The number of Topliss-reactive ketones (excluding diaryl/α,β-unsaturated/α-hetero) is 1. The quantitative estimate of drug-likeness (QED) is 0.0205. The summed E-state index contributed by atoms with van der Waals surface area (Å²) in [5.41, 5.74) is -0.259. The Hall–Kier alpha value is -5.12. The molecule has 0 aromatic heterocycles. The summed E-state index contributed by atoms with van der Waals surface area (Å²) in [5, 5.41) is 68.5. The average Bonchev–Trinajstić information content (AvgIpc) is 3.58. The van der Waals surface area contributed by atoms with Crippen LogP contribution in [0.2, 0.25) is 0 Å². The van der Waals surface area contributed by atoms with Crippen molar-refractivity contribution >= 4 is 40.3 Å². The summed E-state index contributed by atoms with van der Waals surface area (Å²) in [7, 11) is 1.45. The van der Waals surface area contributed by atoms with Crippen LogP contribution < -0.4 is 10.1 Å². The maximum atomic E-state index is 14.7. The standard InChI is InChI=1S/C54H81N3O12/c1-12-14-16-18-20-22-28-57(29-23-21-19-17-15-13-2)55-31-39-44-49(63)42-41(48(39)62)43-51(37(8)47(42)61)69-54(10,52(43)64)67-30-27-40(66-11)34(5)50(68-38(9)58)36(7)46(60)35(6)45(59)32(3)25-24-26-33(4)53(65)56-44/h24-27,30-32,34-36,40,45-46,50,59-63H,12-23,28-29H2,1-11H3,(H,56,65)/b25-24+,30-27+,33-26-,55-31?/t32-,34-,35-,36-,40+,45+,46-,50-,54+/m1/s1. The number of unbranched alkanes of at least 4 members (excludes halogenated alkanes) is 10. The van der Waals surface area contributed by atoms with Gasteiger partial charge in [0, 0.05) is 74.2 Å². The number of nitrogens with one attached hydrogen (secondary N) is 1. The molecule has 15 heteroatoms. The van der Waals surface area contributed by atoms with Gasteiger partial charge in [0.05, 0.1) is 53.0 Å². The van der Waals surface area contributed by atoms with E-state index in [-0.39, 0.29) is 44.5 Å². The van der Waals surface area contributed by atoms with Crippen LogP contribution in [0, 0.1) is 30.6 Å². The van der Waals surface area contributed by atoms with Crippen LogP contribution in [0.3, 0.4) is 0 Å². The number of nitrogens with zero attached hydrogens (tertiary/aromatic N) is 2. The molecule has 6 N–H and O–H groups in total. The molecule has 2 aromatic carbocycles. The zero-order valence-corrected chi connectivity index (χ0v) is 43.0. The fraction of sp³-hybridized carbons (Fsp3) is 0.630. The number of phenols is 3.